The molecule has 0 saturated heterocycles. The fourth-order valence-electron chi connectivity index (χ4n) is 2.95. The van der Waals surface area contributed by atoms with E-state index >= 15 is 0 Å². The van der Waals surface area contributed by atoms with Gasteiger partial charge in [0.15, 0.2) is 10.3 Å². The zero-order valence-electron chi connectivity index (χ0n) is 16.4. The summed E-state index contributed by atoms with van der Waals surface area (Å²) in [4.78, 5) is 32.4. The third-order valence-electron chi connectivity index (χ3n) is 4.27. The molecule has 4 aromatic rings. The van der Waals surface area contributed by atoms with Gasteiger partial charge in [-0.25, -0.2) is 9.97 Å². The number of thioether (sulfide) groups is 1. The molecule has 0 radical (unpaired) electrons. The van der Waals surface area contributed by atoms with Crippen molar-refractivity contribution < 1.29 is 9.59 Å². The number of para-hydroxylation sites is 1. The van der Waals surface area contributed by atoms with Crippen LogP contribution in [0.1, 0.15) is 12.5 Å². The second kappa shape index (κ2) is 8.68. The van der Waals surface area contributed by atoms with E-state index in [0.717, 1.165) is 26.6 Å². The predicted octanol–water partition coefficient (Wildman–Crippen LogP) is 4.48. The van der Waals surface area contributed by atoms with E-state index in [1.807, 2.05) is 54.1 Å². The second-order valence-electron chi connectivity index (χ2n) is 6.59. The lowest BCUT2D eigenvalue weighted by Gasteiger charge is -2.10. The van der Waals surface area contributed by atoms with Crippen molar-refractivity contribution in [1.29, 1.82) is 0 Å². The van der Waals surface area contributed by atoms with Gasteiger partial charge in [-0.1, -0.05) is 41.3 Å². The van der Waals surface area contributed by atoms with Crippen LogP contribution in [0.3, 0.4) is 0 Å². The highest BCUT2D eigenvalue weighted by Gasteiger charge is 2.12. The smallest absolute Gasteiger partial charge is 0.234 e. The first-order chi connectivity index (χ1) is 14.5. The Bertz CT molecular complexity index is 1230. The largest absolute Gasteiger partial charge is 0.325 e. The minimum Gasteiger partial charge on any atom is -0.325 e. The van der Waals surface area contributed by atoms with E-state index in [2.05, 4.69) is 20.6 Å². The summed E-state index contributed by atoms with van der Waals surface area (Å²) >= 11 is 2.75. The number of nitrogens with zero attached hydrogens (tertiary/aromatic N) is 3. The molecule has 0 atom stereocenters. The number of aromatic nitrogens is 3. The number of imidazole rings is 1. The number of benzene rings is 2. The first-order valence-electron chi connectivity index (χ1n) is 9.20. The lowest BCUT2D eigenvalue weighted by atomic mass is 10.2. The molecule has 30 heavy (non-hydrogen) atoms. The Morgan fingerprint density at radius 3 is 2.80 bits per heavy atom. The number of fused-ring (bicyclic) bond motifs is 1. The molecule has 0 aliphatic carbocycles. The molecule has 7 nitrogen and oxygen atoms in total. The number of thiazole rings is 1. The highest BCUT2D eigenvalue weighted by atomic mass is 32.2. The maximum atomic E-state index is 12.5. The molecule has 2 aromatic heterocycles. The van der Waals surface area contributed by atoms with Gasteiger partial charge in [0.25, 0.3) is 0 Å². The third-order valence-corrected chi connectivity index (χ3v) is 6.17. The molecule has 0 aliphatic heterocycles. The van der Waals surface area contributed by atoms with Crippen molar-refractivity contribution >= 4 is 55.9 Å². The summed E-state index contributed by atoms with van der Waals surface area (Å²) in [5.74, 6) is -0.0465. The molecule has 152 valence electrons. The van der Waals surface area contributed by atoms with Crippen LogP contribution in [-0.4, -0.2) is 32.1 Å². The summed E-state index contributed by atoms with van der Waals surface area (Å²) in [5, 5.41) is 6.90. The van der Waals surface area contributed by atoms with Gasteiger partial charge in [0.05, 0.1) is 21.7 Å². The van der Waals surface area contributed by atoms with Crippen LogP contribution in [-0.2, 0) is 9.59 Å². The highest BCUT2D eigenvalue weighted by Crippen LogP contribution is 2.29. The Morgan fingerprint density at radius 1 is 1.17 bits per heavy atom. The maximum absolute atomic E-state index is 12.5. The lowest BCUT2D eigenvalue weighted by Crippen LogP contribution is -2.14. The van der Waals surface area contributed by atoms with Gasteiger partial charge in [-0.15, -0.1) is 0 Å². The average Bonchev–Trinajstić information content (AvgIpc) is 3.32. The average molecular weight is 438 g/mol. The van der Waals surface area contributed by atoms with E-state index in [0.29, 0.717) is 10.8 Å². The summed E-state index contributed by atoms with van der Waals surface area (Å²) in [6.45, 7) is 3.49. The van der Waals surface area contributed by atoms with Crippen LogP contribution in [0, 0.1) is 6.92 Å². The molecule has 0 bridgehead atoms. The molecule has 0 unspecified atom stereocenters. The summed E-state index contributed by atoms with van der Waals surface area (Å²) in [7, 11) is 0. The number of aryl methyl sites for hydroxylation is 1. The Labute approximate surface area is 181 Å². The summed E-state index contributed by atoms with van der Waals surface area (Å²) in [6.07, 6.45) is 3.63. The zero-order valence-corrected chi connectivity index (χ0v) is 18.0. The summed E-state index contributed by atoms with van der Waals surface area (Å²) in [5.41, 5.74) is 3.64. The fraction of sp³-hybridized carbons (Fsp3) is 0.143. The van der Waals surface area contributed by atoms with Gasteiger partial charge < -0.3 is 10.6 Å². The molecule has 9 heteroatoms. The molecule has 4 rings (SSSR count). The van der Waals surface area contributed by atoms with Crippen LogP contribution < -0.4 is 10.6 Å². The molecule has 0 saturated carbocycles. The van der Waals surface area contributed by atoms with Crippen molar-refractivity contribution in [3.05, 3.63) is 60.4 Å². The minimum atomic E-state index is -0.163. The van der Waals surface area contributed by atoms with Crippen molar-refractivity contribution in [2.75, 3.05) is 16.4 Å². The molecule has 2 N–H and O–H groups in total. The standard InChI is InChI=1S/C21H19N5O2S2/c1-13-5-3-4-6-17(13)26-10-9-22-21(26)29-12-19(28)24-15-7-8-16-18(11-15)30-20(25-16)23-14(2)27/h3-11H,12H2,1-2H3,(H,24,28)(H,23,25,27). The molecule has 0 spiro atoms. The van der Waals surface area contributed by atoms with E-state index in [-0.39, 0.29) is 17.6 Å². The van der Waals surface area contributed by atoms with Crippen molar-refractivity contribution in [2.45, 2.75) is 19.0 Å². The van der Waals surface area contributed by atoms with Crippen LogP contribution in [0.4, 0.5) is 10.8 Å². The maximum Gasteiger partial charge on any atom is 0.234 e. The number of amides is 2. The molecular formula is C21H19N5O2S2. The monoisotopic (exact) mass is 437 g/mol. The van der Waals surface area contributed by atoms with Crippen LogP contribution >= 0.6 is 23.1 Å². The van der Waals surface area contributed by atoms with Crippen molar-refractivity contribution in [2.24, 2.45) is 0 Å². The first-order valence-corrected chi connectivity index (χ1v) is 11.0. The normalized spacial score (nSPS) is 10.9. The van der Waals surface area contributed by atoms with Gasteiger partial charge >= 0.3 is 0 Å². The van der Waals surface area contributed by atoms with Crippen molar-refractivity contribution in [3.8, 4) is 5.69 Å². The number of hydrogen-bond acceptors (Lipinski definition) is 6. The minimum absolute atomic E-state index is 0.120. The SMILES string of the molecule is CC(=O)Nc1nc2ccc(NC(=O)CSc3nccn3-c3ccccc3C)cc2s1. The Hall–Kier alpha value is -3.17. The molecule has 0 fully saturated rings. The predicted molar refractivity (Wildman–Crippen MR) is 122 cm³/mol. The number of nitrogens with one attached hydrogen (secondary N) is 2. The van der Waals surface area contributed by atoms with Gasteiger partial charge in [0.1, 0.15) is 0 Å². The van der Waals surface area contributed by atoms with Gasteiger partial charge in [0.2, 0.25) is 11.8 Å². The number of carbonyl (C=O) groups excluding carboxylic acids is 2. The van der Waals surface area contributed by atoms with Crippen LogP contribution in [0.2, 0.25) is 0 Å². The van der Waals surface area contributed by atoms with Crippen LogP contribution in [0.5, 0.6) is 0 Å². The number of hydrogen-bond donors (Lipinski definition) is 2. The van der Waals surface area contributed by atoms with E-state index in [4.69, 9.17) is 0 Å². The Kier molecular flexibility index (Phi) is 5.82. The molecule has 2 aromatic carbocycles. The van der Waals surface area contributed by atoms with Crippen LogP contribution in [0.15, 0.2) is 60.0 Å². The number of rotatable bonds is 6. The molecular weight excluding hydrogens is 418 g/mol. The van der Waals surface area contributed by atoms with E-state index in [1.54, 1.807) is 12.3 Å². The lowest BCUT2D eigenvalue weighted by molar-refractivity contribution is -0.114. The molecule has 2 heterocycles. The number of anilines is 2. The third kappa shape index (κ3) is 4.52. The van der Waals surface area contributed by atoms with Crippen LogP contribution in [0.25, 0.3) is 15.9 Å². The topological polar surface area (TPSA) is 88.9 Å². The van der Waals surface area contributed by atoms with Gasteiger partial charge in [-0.3, -0.25) is 14.2 Å². The summed E-state index contributed by atoms with van der Waals surface area (Å²) in [6, 6.07) is 13.5. The summed E-state index contributed by atoms with van der Waals surface area (Å²) < 4.78 is 2.87. The number of carbonyl (C=O) groups is 2. The fourth-order valence-corrected chi connectivity index (χ4v) is 4.66. The van der Waals surface area contributed by atoms with E-state index in [9.17, 15) is 9.59 Å². The Balaban J connectivity index is 1.42. The second-order valence-corrected chi connectivity index (χ2v) is 8.56. The van der Waals surface area contributed by atoms with Crippen molar-refractivity contribution in [1.82, 2.24) is 14.5 Å². The highest BCUT2D eigenvalue weighted by molar-refractivity contribution is 7.99. The van der Waals surface area contributed by atoms with Gasteiger partial charge in [-0.05, 0) is 36.8 Å². The van der Waals surface area contributed by atoms with Gasteiger partial charge in [0, 0.05) is 25.0 Å². The zero-order chi connectivity index (χ0) is 21.1. The molecule has 0 aliphatic rings. The first kappa shape index (κ1) is 20.1. The van der Waals surface area contributed by atoms with Gasteiger partial charge in [-0.2, -0.15) is 0 Å². The quantitative estimate of drug-likeness (QED) is 0.434. The van der Waals surface area contributed by atoms with E-state index < -0.39 is 0 Å². The van der Waals surface area contributed by atoms with Crippen molar-refractivity contribution in [3.63, 3.8) is 0 Å². The van der Waals surface area contributed by atoms with E-state index in [1.165, 1.54) is 30.0 Å². The Morgan fingerprint density at radius 2 is 2.00 bits per heavy atom. The molecule has 2 amide bonds.